The van der Waals surface area contributed by atoms with Gasteiger partial charge in [-0.3, -0.25) is 4.40 Å². The van der Waals surface area contributed by atoms with E-state index in [1.165, 1.54) is 7.11 Å². The second kappa shape index (κ2) is 9.01. The van der Waals surface area contributed by atoms with Gasteiger partial charge in [0.05, 0.1) is 38.8 Å². The van der Waals surface area contributed by atoms with Crippen molar-refractivity contribution in [1.82, 2.24) is 19.4 Å². The molecule has 0 aliphatic heterocycles. The quantitative estimate of drug-likeness (QED) is 0.408. The highest BCUT2D eigenvalue weighted by atomic mass is 16.5. The Morgan fingerprint density at radius 1 is 1.12 bits per heavy atom. The van der Waals surface area contributed by atoms with Crippen LogP contribution in [-0.2, 0) is 11.2 Å². The molecule has 0 aliphatic rings. The first kappa shape index (κ1) is 21.2. The molecule has 0 atom stereocenters. The minimum absolute atomic E-state index is 0.407. The van der Waals surface area contributed by atoms with Gasteiger partial charge in [-0.2, -0.15) is 0 Å². The minimum atomic E-state index is -0.407. The molecule has 1 aromatic carbocycles. The van der Waals surface area contributed by atoms with E-state index >= 15 is 0 Å². The van der Waals surface area contributed by atoms with Crippen LogP contribution in [0.4, 0.5) is 5.82 Å². The lowest BCUT2D eigenvalue weighted by Crippen LogP contribution is -2.09. The van der Waals surface area contributed by atoms with Crippen LogP contribution in [-0.4, -0.2) is 53.2 Å². The number of nitrogens with one attached hydrogen (secondary N) is 2. The molecule has 0 bridgehead atoms. The molecule has 4 aromatic rings. The molecular formula is C23H25N5O4. The van der Waals surface area contributed by atoms with Crippen molar-refractivity contribution in [3.05, 3.63) is 59.7 Å². The van der Waals surface area contributed by atoms with Gasteiger partial charge in [0.25, 0.3) is 0 Å². The fraction of sp³-hybridized carbons (Fsp3) is 0.261. The van der Waals surface area contributed by atoms with Crippen molar-refractivity contribution in [3.8, 4) is 22.9 Å². The van der Waals surface area contributed by atoms with E-state index in [2.05, 4.69) is 15.3 Å². The fourth-order valence-corrected chi connectivity index (χ4v) is 3.54. The number of esters is 1. The Hall–Kier alpha value is -4.01. The largest absolute Gasteiger partial charge is 0.493 e. The molecule has 3 aromatic heterocycles. The maximum Gasteiger partial charge on any atom is 0.339 e. The molecular weight excluding hydrogens is 410 g/mol. The highest BCUT2D eigenvalue weighted by Gasteiger charge is 2.17. The number of imidazole rings is 2. The number of carbonyl (C=O) groups is 1. The lowest BCUT2D eigenvalue weighted by Gasteiger charge is -2.11. The molecule has 9 nitrogen and oxygen atoms in total. The topological polar surface area (TPSA) is 103 Å². The van der Waals surface area contributed by atoms with E-state index in [4.69, 9.17) is 19.2 Å². The highest BCUT2D eigenvalue weighted by Crippen LogP contribution is 2.30. The fourth-order valence-electron chi connectivity index (χ4n) is 3.54. The molecule has 0 unspecified atom stereocenters. The second-order valence-electron chi connectivity index (χ2n) is 7.19. The van der Waals surface area contributed by atoms with Gasteiger partial charge >= 0.3 is 5.97 Å². The zero-order valence-electron chi connectivity index (χ0n) is 18.4. The third-order valence-electron chi connectivity index (χ3n) is 5.15. The van der Waals surface area contributed by atoms with Crippen molar-refractivity contribution < 1.29 is 19.0 Å². The van der Waals surface area contributed by atoms with E-state index in [0.29, 0.717) is 29.3 Å². The Morgan fingerprint density at radius 3 is 2.62 bits per heavy atom. The van der Waals surface area contributed by atoms with Crippen molar-refractivity contribution >= 4 is 17.4 Å². The number of H-pyrrole nitrogens is 1. The number of carbonyl (C=O) groups excluding carboxylic acids is 1. The van der Waals surface area contributed by atoms with Gasteiger partial charge in [-0.05, 0) is 43.2 Å². The van der Waals surface area contributed by atoms with Gasteiger partial charge in [-0.15, -0.1) is 0 Å². The third-order valence-corrected chi connectivity index (χ3v) is 5.15. The molecule has 3 heterocycles. The summed E-state index contributed by atoms with van der Waals surface area (Å²) in [4.78, 5) is 24.3. The first-order valence-corrected chi connectivity index (χ1v) is 10.1. The van der Waals surface area contributed by atoms with Gasteiger partial charge in [0.15, 0.2) is 11.5 Å². The van der Waals surface area contributed by atoms with Crippen LogP contribution in [0.25, 0.3) is 17.0 Å². The lowest BCUT2D eigenvalue weighted by molar-refractivity contribution is 0.0600. The maximum atomic E-state index is 12.0. The molecule has 0 saturated heterocycles. The number of hydrogen-bond donors (Lipinski definition) is 2. The summed E-state index contributed by atoms with van der Waals surface area (Å²) in [5, 5.41) is 3.47. The van der Waals surface area contributed by atoms with Crippen LogP contribution >= 0.6 is 0 Å². The van der Waals surface area contributed by atoms with E-state index in [0.717, 1.165) is 35.0 Å². The summed E-state index contributed by atoms with van der Waals surface area (Å²) < 4.78 is 17.4. The summed E-state index contributed by atoms with van der Waals surface area (Å²) in [6, 6.07) is 9.35. The summed E-state index contributed by atoms with van der Waals surface area (Å²) in [5.74, 6) is 2.53. The van der Waals surface area contributed by atoms with Crippen LogP contribution in [0, 0.1) is 6.92 Å². The average molecular weight is 435 g/mol. The zero-order chi connectivity index (χ0) is 22.7. The summed E-state index contributed by atoms with van der Waals surface area (Å²) in [6.45, 7) is 2.52. The Morgan fingerprint density at radius 2 is 1.94 bits per heavy atom. The number of aromatic amines is 1. The van der Waals surface area contributed by atoms with Gasteiger partial charge in [0, 0.05) is 12.7 Å². The molecule has 0 radical (unpaired) electrons. The van der Waals surface area contributed by atoms with Crippen LogP contribution < -0.4 is 14.8 Å². The molecule has 4 rings (SSSR count). The van der Waals surface area contributed by atoms with Crippen LogP contribution in [0.5, 0.6) is 11.5 Å². The Balaban J connectivity index is 1.65. The van der Waals surface area contributed by atoms with Gasteiger partial charge in [0.2, 0.25) is 0 Å². The SMILES string of the molecule is COC(=O)c1ccc2nc(-c3cnc(C)[nH]3)c(NCCc3ccc(OC)c(OC)c3)n2c1. The standard InChI is InChI=1S/C23H25N5O4/c1-14-25-12-17(26-14)21-22(28-13-16(23(29)32-4)6-8-20(28)27-21)24-10-9-15-5-7-18(30-2)19(11-15)31-3/h5-8,11-13,24H,9-10H2,1-4H3,(H,25,26). The number of anilines is 1. The number of ether oxygens (including phenoxy) is 3. The summed E-state index contributed by atoms with van der Waals surface area (Å²) in [5.41, 5.74) is 3.75. The summed E-state index contributed by atoms with van der Waals surface area (Å²) in [6.07, 6.45) is 4.21. The molecule has 166 valence electrons. The highest BCUT2D eigenvalue weighted by molar-refractivity contribution is 5.90. The molecule has 0 fully saturated rings. The molecule has 0 saturated carbocycles. The van der Waals surface area contributed by atoms with E-state index in [9.17, 15) is 4.79 Å². The van der Waals surface area contributed by atoms with Crippen molar-refractivity contribution in [2.45, 2.75) is 13.3 Å². The Labute approximate surface area is 185 Å². The first-order chi connectivity index (χ1) is 15.5. The maximum absolute atomic E-state index is 12.0. The van der Waals surface area contributed by atoms with Crippen molar-refractivity contribution in [2.24, 2.45) is 0 Å². The minimum Gasteiger partial charge on any atom is -0.493 e. The van der Waals surface area contributed by atoms with Crippen LogP contribution in [0.2, 0.25) is 0 Å². The van der Waals surface area contributed by atoms with Crippen LogP contribution in [0.1, 0.15) is 21.7 Å². The van der Waals surface area contributed by atoms with Gasteiger partial charge < -0.3 is 24.5 Å². The normalized spacial score (nSPS) is 10.9. The van der Waals surface area contributed by atoms with E-state index in [-0.39, 0.29) is 0 Å². The molecule has 0 spiro atoms. The van der Waals surface area contributed by atoms with E-state index < -0.39 is 5.97 Å². The first-order valence-electron chi connectivity index (χ1n) is 10.1. The number of fused-ring (bicyclic) bond motifs is 1. The van der Waals surface area contributed by atoms with Gasteiger partial charge in [-0.25, -0.2) is 14.8 Å². The molecule has 9 heteroatoms. The van der Waals surface area contributed by atoms with Crippen molar-refractivity contribution in [3.63, 3.8) is 0 Å². The third kappa shape index (κ3) is 4.09. The average Bonchev–Trinajstić information content (AvgIpc) is 3.41. The monoisotopic (exact) mass is 435 g/mol. The van der Waals surface area contributed by atoms with Crippen molar-refractivity contribution in [1.29, 1.82) is 0 Å². The van der Waals surface area contributed by atoms with Crippen molar-refractivity contribution in [2.75, 3.05) is 33.2 Å². The number of aromatic nitrogens is 4. The molecule has 2 N–H and O–H groups in total. The van der Waals surface area contributed by atoms with E-state index in [1.54, 1.807) is 38.7 Å². The Bertz CT molecular complexity index is 1260. The number of nitrogens with zero attached hydrogens (tertiary/aromatic N) is 3. The Kier molecular flexibility index (Phi) is 5.98. The van der Waals surface area contributed by atoms with Gasteiger partial charge in [0.1, 0.15) is 23.0 Å². The summed E-state index contributed by atoms with van der Waals surface area (Å²) >= 11 is 0. The number of rotatable bonds is 8. The predicted octanol–water partition coefficient (Wildman–Crippen LogP) is 3.49. The smallest absolute Gasteiger partial charge is 0.339 e. The number of hydrogen-bond acceptors (Lipinski definition) is 7. The summed E-state index contributed by atoms with van der Waals surface area (Å²) in [7, 11) is 4.60. The second-order valence-corrected chi connectivity index (χ2v) is 7.19. The molecule has 0 amide bonds. The predicted molar refractivity (Wildman–Crippen MR) is 121 cm³/mol. The van der Waals surface area contributed by atoms with E-state index in [1.807, 2.05) is 29.5 Å². The number of methoxy groups -OCH3 is 3. The molecule has 32 heavy (non-hydrogen) atoms. The number of benzene rings is 1. The number of aryl methyl sites for hydroxylation is 1. The number of pyridine rings is 1. The zero-order valence-corrected chi connectivity index (χ0v) is 18.4. The van der Waals surface area contributed by atoms with Gasteiger partial charge in [-0.1, -0.05) is 6.07 Å². The van der Waals surface area contributed by atoms with Crippen LogP contribution in [0.15, 0.2) is 42.7 Å². The lowest BCUT2D eigenvalue weighted by atomic mass is 10.1. The van der Waals surface area contributed by atoms with Crippen LogP contribution in [0.3, 0.4) is 0 Å². The molecule has 0 aliphatic carbocycles.